The van der Waals surface area contributed by atoms with Gasteiger partial charge in [-0.1, -0.05) is 33.6 Å². The molecule has 0 saturated carbocycles. The number of piperazine rings is 1. The van der Waals surface area contributed by atoms with Crippen LogP contribution >= 0.6 is 0 Å². The van der Waals surface area contributed by atoms with Crippen molar-refractivity contribution >= 4 is 0 Å². The predicted octanol–water partition coefficient (Wildman–Crippen LogP) is 3.43. The average Bonchev–Trinajstić information content (AvgIpc) is 2.79. The molecule has 124 valence electrons. The molecule has 0 radical (unpaired) electrons. The molecule has 0 bridgehead atoms. The minimum atomic E-state index is 0.0923. The number of nitrogens with one attached hydrogen (secondary N) is 1. The Morgan fingerprint density at radius 3 is 2.67 bits per heavy atom. The van der Waals surface area contributed by atoms with Crippen LogP contribution in [0, 0.1) is 5.92 Å². The highest BCUT2D eigenvalue weighted by Crippen LogP contribution is 2.30. The Bertz CT molecular complexity index is 318. The second-order valence-electron chi connectivity index (χ2n) is 7.83. The molecule has 3 heteroatoms. The molecule has 4 unspecified atom stereocenters. The summed E-state index contributed by atoms with van der Waals surface area (Å²) in [7, 11) is 0. The van der Waals surface area contributed by atoms with Gasteiger partial charge in [-0.2, -0.15) is 0 Å². The SMILES string of the molecule is CCCC1CNC(C(C)CC)CN1CC1CCC(C)(C)O1. The molecule has 0 aromatic carbocycles. The zero-order chi connectivity index (χ0) is 15.5. The van der Waals surface area contributed by atoms with Gasteiger partial charge in [0.15, 0.2) is 0 Å². The second-order valence-corrected chi connectivity index (χ2v) is 7.83. The van der Waals surface area contributed by atoms with E-state index in [-0.39, 0.29) is 5.60 Å². The summed E-state index contributed by atoms with van der Waals surface area (Å²) >= 11 is 0. The van der Waals surface area contributed by atoms with E-state index in [1.54, 1.807) is 0 Å². The summed E-state index contributed by atoms with van der Waals surface area (Å²) in [4.78, 5) is 2.73. The fraction of sp³-hybridized carbons (Fsp3) is 1.00. The quantitative estimate of drug-likeness (QED) is 0.812. The highest BCUT2D eigenvalue weighted by Gasteiger charge is 2.36. The molecular formula is C18H36N2O. The van der Waals surface area contributed by atoms with Gasteiger partial charge >= 0.3 is 0 Å². The van der Waals surface area contributed by atoms with Crippen LogP contribution in [0.15, 0.2) is 0 Å². The normalized spacial score (nSPS) is 35.0. The van der Waals surface area contributed by atoms with Crippen LogP contribution in [0.25, 0.3) is 0 Å². The van der Waals surface area contributed by atoms with Gasteiger partial charge in [0.1, 0.15) is 0 Å². The first kappa shape index (κ1) is 17.2. The van der Waals surface area contributed by atoms with Crippen LogP contribution in [0.2, 0.25) is 0 Å². The third kappa shape index (κ3) is 4.67. The average molecular weight is 296 g/mol. The number of rotatable bonds is 6. The first-order valence-corrected chi connectivity index (χ1v) is 9.10. The van der Waals surface area contributed by atoms with E-state index < -0.39 is 0 Å². The van der Waals surface area contributed by atoms with Crippen LogP contribution in [-0.2, 0) is 4.74 Å². The molecule has 3 nitrogen and oxygen atoms in total. The fourth-order valence-electron chi connectivity index (χ4n) is 3.86. The van der Waals surface area contributed by atoms with E-state index in [2.05, 4.69) is 44.8 Å². The van der Waals surface area contributed by atoms with Gasteiger partial charge in [0.05, 0.1) is 11.7 Å². The summed E-state index contributed by atoms with van der Waals surface area (Å²) in [5, 5.41) is 3.79. The molecule has 21 heavy (non-hydrogen) atoms. The van der Waals surface area contributed by atoms with Gasteiger partial charge in [-0.25, -0.2) is 0 Å². The summed E-state index contributed by atoms with van der Waals surface area (Å²) < 4.78 is 6.24. The fourth-order valence-corrected chi connectivity index (χ4v) is 3.86. The van der Waals surface area contributed by atoms with E-state index >= 15 is 0 Å². The van der Waals surface area contributed by atoms with E-state index in [1.165, 1.54) is 38.6 Å². The highest BCUT2D eigenvalue weighted by atomic mass is 16.5. The zero-order valence-corrected chi connectivity index (χ0v) is 14.8. The van der Waals surface area contributed by atoms with Crippen molar-refractivity contribution in [3.63, 3.8) is 0 Å². The summed E-state index contributed by atoms with van der Waals surface area (Å²) in [5.41, 5.74) is 0.0923. The van der Waals surface area contributed by atoms with Crippen LogP contribution < -0.4 is 5.32 Å². The van der Waals surface area contributed by atoms with E-state index in [0.29, 0.717) is 18.2 Å². The Balaban J connectivity index is 1.94. The molecule has 2 saturated heterocycles. The monoisotopic (exact) mass is 296 g/mol. The lowest BCUT2D eigenvalue weighted by molar-refractivity contribution is -0.0405. The van der Waals surface area contributed by atoms with Crippen molar-refractivity contribution in [3.05, 3.63) is 0 Å². The smallest absolute Gasteiger partial charge is 0.0710 e. The van der Waals surface area contributed by atoms with Gasteiger partial charge < -0.3 is 10.1 Å². The Morgan fingerprint density at radius 2 is 2.10 bits per heavy atom. The van der Waals surface area contributed by atoms with Crippen molar-refractivity contribution in [1.29, 1.82) is 0 Å². The van der Waals surface area contributed by atoms with E-state index in [0.717, 1.165) is 19.0 Å². The maximum absolute atomic E-state index is 6.24. The largest absolute Gasteiger partial charge is 0.371 e. The minimum Gasteiger partial charge on any atom is -0.371 e. The van der Waals surface area contributed by atoms with Crippen molar-refractivity contribution in [2.45, 2.75) is 90.5 Å². The Hall–Kier alpha value is -0.120. The lowest BCUT2D eigenvalue weighted by Gasteiger charge is -2.43. The summed E-state index contributed by atoms with van der Waals surface area (Å²) in [6.45, 7) is 14.9. The summed E-state index contributed by atoms with van der Waals surface area (Å²) in [5.74, 6) is 0.760. The van der Waals surface area contributed by atoms with Crippen molar-refractivity contribution in [2.24, 2.45) is 5.92 Å². The lowest BCUT2D eigenvalue weighted by Crippen LogP contribution is -2.59. The van der Waals surface area contributed by atoms with Gasteiger partial charge in [-0.05, 0) is 39.0 Å². The molecular weight excluding hydrogens is 260 g/mol. The topological polar surface area (TPSA) is 24.5 Å². The number of hydrogen-bond acceptors (Lipinski definition) is 3. The molecule has 0 spiro atoms. The predicted molar refractivity (Wildman–Crippen MR) is 89.7 cm³/mol. The minimum absolute atomic E-state index is 0.0923. The van der Waals surface area contributed by atoms with E-state index in [9.17, 15) is 0 Å². The van der Waals surface area contributed by atoms with Crippen molar-refractivity contribution in [1.82, 2.24) is 10.2 Å². The third-order valence-corrected chi connectivity index (χ3v) is 5.51. The van der Waals surface area contributed by atoms with Crippen LogP contribution in [0.3, 0.4) is 0 Å². The standard InChI is InChI=1S/C18H36N2O/c1-6-8-15-11-19-17(14(3)7-2)13-20(15)12-16-9-10-18(4,5)21-16/h14-17,19H,6-13H2,1-5H3. The van der Waals surface area contributed by atoms with Gasteiger partial charge in [0, 0.05) is 31.7 Å². The van der Waals surface area contributed by atoms with Crippen molar-refractivity contribution in [2.75, 3.05) is 19.6 Å². The number of hydrogen-bond donors (Lipinski definition) is 1. The first-order chi connectivity index (χ1) is 9.95. The molecule has 0 aromatic rings. The van der Waals surface area contributed by atoms with E-state index in [1.807, 2.05) is 0 Å². The molecule has 2 aliphatic heterocycles. The van der Waals surface area contributed by atoms with E-state index in [4.69, 9.17) is 4.74 Å². The second kappa shape index (κ2) is 7.43. The van der Waals surface area contributed by atoms with Crippen molar-refractivity contribution in [3.8, 4) is 0 Å². The molecule has 2 aliphatic rings. The van der Waals surface area contributed by atoms with Gasteiger partial charge in [0.25, 0.3) is 0 Å². The molecule has 4 atom stereocenters. The molecule has 2 fully saturated rings. The van der Waals surface area contributed by atoms with Crippen LogP contribution in [0.1, 0.15) is 66.7 Å². The van der Waals surface area contributed by atoms with Crippen LogP contribution in [-0.4, -0.2) is 48.3 Å². The van der Waals surface area contributed by atoms with Gasteiger partial charge in [0.2, 0.25) is 0 Å². The Kier molecular flexibility index (Phi) is 6.10. The van der Waals surface area contributed by atoms with Crippen LogP contribution in [0.5, 0.6) is 0 Å². The van der Waals surface area contributed by atoms with Crippen LogP contribution in [0.4, 0.5) is 0 Å². The Labute approximate surface area is 131 Å². The maximum atomic E-state index is 6.24. The van der Waals surface area contributed by atoms with Gasteiger partial charge in [-0.15, -0.1) is 0 Å². The molecule has 2 heterocycles. The summed E-state index contributed by atoms with van der Waals surface area (Å²) in [6.07, 6.45) is 6.71. The molecule has 0 amide bonds. The highest BCUT2D eigenvalue weighted by molar-refractivity contribution is 4.91. The molecule has 1 N–H and O–H groups in total. The molecule has 2 rings (SSSR count). The van der Waals surface area contributed by atoms with Gasteiger partial charge in [-0.3, -0.25) is 4.90 Å². The zero-order valence-electron chi connectivity index (χ0n) is 14.8. The first-order valence-electron chi connectivity index (χ1n) is 9.10. The molecule has 0 aliphatic carbocycles. The van der Waals surface area contributed by atoms with Crippen molar-refractivity contribution < 1.29 is 4.74 Å². The number of nitrogens with zero attached hydrogens (tertiary/aromatic N) is 1. The maximum Gasteiger partial charge on any atom is 0.0710 e. The third-order valence-electron chi connectivity index (χ3n) is 5.51. The lowest BCUT2D eigenvalue weighted by atomic mass is 9.94. The Morgan fingerprint density at radius 1 is 1.33 bits per heavy atom. The molecule has 0 aromatic heterocycles. The summed E-state index contributed by atoms with van der Waals surface area (Å²) in [6, 6.07) is 1.35. The number of ether oxygens (including phenoxy) is 1.